The number of benzene rings is 1. The number of hydrogen-bond donors (Lipinski definition) is 3. The molecule has 3 N–H and O–H groups in total. The van der Waals surface area contributed by atoms with Crippen LogP contribution in [0.3, 0.4) is 0 Å². The van der Waals surface area contributed by atoms with Gasteiger partial charge in [0.25, 0.3) is 5.91 Å². The molecule has 2 aliphatic rings. The van der Waals surface area contributed by atoms with Crippen LogP contribution in [0.4, 0.5) is 5.69 Å². The summed E-state index contributed by atoms with van der Waals surface area (Å²) in [6.45, 7) is 8.18. The summed E-state index contributed by atoms with van der Waals surface area (Å²) in [5.74, 6) is 1.62. The van der Waals surface area contributed by atoms with Gasteiger partial charge in [0, 0.05) is 32.4 Å². The van der Waals surface area contributed by atoms with Crippen molar-refractivity contribution in [2.45, 2.75) is 51.7 Å². The standard InChI is InChI=1S/C23H37N5O2.HI/c1-18-9-13-28(14-10-18)12-5-11-25-23(24-2)26-17-19-6-3-7-20(16-19)27-22(29)21-8-4-15-30-21;/h3,6-7,16,18,21H,4-5,8-15,17H2,1-2H3,(H,27,29)(H2,24,25,26);1H. The summed E-state index contributed by atoms with van der Waals surface area (Å²) in [5.41, 5.74) is 1.89. The first kappa shape index (κ1) is 25.9. The second kappa shape index (κ2) is 13.9. The molecule has 0 bridgehead atoms. The van der Waals surface area contributed by atoms with Gasteiger partial charge in [0.05, 0.1) is 0 Å². The molecule has 0 aliphatic carbocycles. The summed E-state index contributed by atoms with van der Waals surface area (Å²) in [7, 11) is 1.79. The summed E-state index contributed by atoms with van der Waals surface area (Å²) in [6, 6.07) is 7.90. The number of anilines is 1. The fourth-order valence-electron chi connectivity index (χ4n) is 3.97. The second-order valence-electron chi connectivity index (χ2n) is 8.42. The van der Waals surface area contributed by atoms with E-state index in [-0.39, 0.29) is 36.0 Å². The van der Waals surface area contributed by atoms with E-state index in [0.717, 1.165) is 55.5 Å². The molecule has 2 aliphatic heterocycles. The van der Waals surface area contributed by atoms with Crippen molar-refractivity contribution in [1.29, 1.82) is 0 Å². The summed E-state index contributed by atoms with van der Waals surface area (Å²) < 4.78 is 5.45. The molecule has 0 aromatic heterocycles. The average molecular weight is 543 g/mol. The van der Waals surface area contributed by atoms with E-state index < -0.39 is 0 Å². The maximum Gasteiger partial charge on any atom is 0.253 e. The van der Waals surface area contributed by atoms with Gasteiger partial charge in [-0.1, -0.05) is 19.1 Å². The molecule has 31 heavy (non-hydrogen) atoms. The Bertz CT molecular complexity index is 701. The lowest BCUT2D eigenvalue weighted by Gasteiger charge is -2.30. The Balaban J connectivity index is 0.00000341. The minimum absolute atomic E-state index is 0. The van der Waals surface area contributed by atoms with E-state index in [1.807, 2.05) is 24.3 Å². The Morgan fingerprint density at radius 1 is 1.23 bits per heavy atom. The first-order valence-corrected chi connectivity index (χ1v) is 11.3. The van der Waals surface area contributed by atoms with E-state index in [9.17, 15) is 4.79 Å². The van der Waals surface area contributed by atoms with Gasteiger partial charge in [0.2, 0.25) is 0 Å². The zero-order valence-electron chi connectivity index (χ0n) is 18.9. The van der Waals surface area contributed by atoms with Crippen LogP contribution in [0.2, 0.25) is 0 Å². The van der Waals surface area contributed by atoms with Crippen LogP contribution < -0.4 is 16.0 Å². The van der Waals surface area contributed by atoms with Crippen LogP contribution >= 0.6 is 24.0 Å². The van der Waals surface area contributed by atoms with E-state index in [0.29, 0.717) is 13.2 Å². The quantitative estimate of drug-likeness (QED) is 0.203. The van der Waals surface area contributed by atoms with E-state index in [1.165, 1.54) is 25.9 Å². The van der Waals surface area contributed by atoms with Gasteiger partial charge in [-0.05, 0) is 75.4 Å². The van der Waals surface area contributed by atoms with Crippen molar-refractivity contribution < 1.29 is 9.53 Å². The van der Waals surface area contributed by atoms with Crippen LogP contribution in [-0.4, -0.2) is 62.7 Å². The molecule has 7 nitrogen and oxygen atoms in total. The highest BCUT2D eigenvalue weighted by atomic mass is 127. The van der Waals surface area contributed by atoms with Gasteiger partial charge in [-0.25, -0.2) is 0 Å². The number of piperidine rings is 1. The van der Waals surface area contributed by atoms with Crippen molar-refractivity contribution in [3.8, 4) is 0 Å². The minimum atomic E-state index is -0.317. The third-order valence-electron chi connectivity index (χ3n) is 5.92. The van der Waals surface area contributed by atoms with Gasteiger partial charge < -0.3 is 25.6 Å². The van der Waals surface area contributed by atoms with Gasteiger partial charge in [-0.2, -0.15) is 0 Å². The number of halogens is 1. The maximum atomic E-state index is 12.2. The molecule has 2 saturated heterocycles. The van der Waals surface area contributed by atoms with Crippen molar-refractivity contribution in [2.75, 3.05) is 45.2 Å². The van der Waals surface area contributed by atoms with Crippen molar-refractivity contribution in [2.24, 2.45) is 10.9 Å². The molecule has 0 spiro atoms. The van der Waals surface area contributed by atoms with Gasteiger partial charge in [-0.3, -0.25) is 9.79 Å². The van der Waals surface area contributed by atoms with Crippen LogP contribution in [0.25, 0.3) is 0 Å². The van der Waals surface area contributed by atoms with E-state index in [4.69, 9.17) is 4.74 Å². The van der Waals surface area contributed by atoms with Gasteiger partial charge in [0.15, 0.2) is 5.96 Å². The molecule has 1 unspecified atom stereocenters. The predicted molar refractivity (Wildman–Crippen MR) is 137 cm³/mol. The fourth-order valence-corrected chi connectivity index (χ4v) is 3.97. The molecule has 0 saturated carbocycles. The number of likely N-dealkylation sites (tertiary alicyclic amines) is 1. The van der Waals surface area contributed by atoms with Crippen LogP contribution in [0.1, 0.15) is 44.6 Å². The molecule has 1 atom stereocenters. The predicted octanol–water partition coefficient (Wildman–Crippen LogP) is 3.21. The lowest BCUT2D eigenvalue weighted by molar-refractivity contribution is -0.124. The Morgan fingerprint density at radius 2 is 2.03 bits per heavy atom. The molecule has 2 heterocycles. The third kappa shape index (κ3) is 8.94. The highest BCUT2D eigenvalue weighted by molar-refractivity contribution is 14.0. The number of nitrogens with one attached hydrogen (secondary N) is 3. The van der Waals surface area contributed by atoms with Gasteiger partial charge in [-0.15, -0.1) is 24.0 Å². The van der Waals surface area contributed by atoms with Gasteiger partial charge >= 0.3 is 0 Å². The molecule has 0 radical (unpaired) electrons. The molecule has 174 valence electrons. The number of carbonyl (C=O) groups is 1. The molecule has 1 amide bonds. The molecular weight excluding hydrogens is 505 g/mol. The molecule has 1 aromatic carbocycles. The zero-order chi connectivity index (χ0) is 21.2. The zero-order valence-corrected chi connectivity index (χ0v) is 21.2. The Labute approximate surface area is 203 Å². The van der Waals surface area contributed by atoms with Crippen LogP contribution in [-0.2, 0) is 16.1 Å². The van der Waals surface area contributed by atoms with E-state index in [1.54, 1.807) is 7.05 Å². The number of rotatable bonds is 8. The first-order valence-electron chi connectivity index (χ1n) is 11.3. The maximum absolute atomic E-state index is 12.2. The number of carbonyl (C=O) groups excluding carboxylic acids is 1. The molecule has 3 rings (SSSR count). The normalized spacial score (nSPS) is 20.2. The number of nitrogens with zero attached hydrogens (tertiary/aromatic N) is 2. The van der Waals surface area contributed by atoms with Crippen molar-refractivity contribution in [3.05, 3.63) is 29.8 Å². The summed E-state index contributed by atoms with van der Waals surface area (Å²) in [6.07, 6.45) is 5.19. The lowest BCUT2D eigenvalue weighted by Crippen LogP contribution is -2.39. The molecule has 8 heteroatoms. The molecular formula is C23H38IN5O2. The number of hydrogen-bond acceptors (Lipinski definition) is 4. The summed E-state index contributed by atoms with van der Waals surface area (Å²) in [4.78, 5) is 19.1. The molecule has 2 fully saturated rings. The topological polar surface area (TPSA) is 78.0 Å². The van der Waals surface area contributed by atoms with Crippen LogP contribution in [0.15, 0.2) is 29.3 Å². The first-order chi connectivity index (χ1) is 14.6. The Hall–Kier alpha value is -1.39. The van der Waals surface area contributed by atoms with E-state index in [2.05, 4.69) is 32.8 Å². The smallest absolute Gasteiger partial charge is 0.253 e. The SMILES string of the molecule is CN=C(NCCCN1CCC(C)CC1)NCc1cccc(NC(=O)C2CCCO2)c1.I. The second-order valence-corrected chi connectivity index (χ2v) is 8.42. The van der Waals surface area contributed by atoms with Crippen molar-refractivity contribution in [1.82, 2.24) is 15.5 Å². The number of aliphatic imine (C=N–C) groups is 1. The minimum Gasteiger partial charge on any atom is -0.368 e. The lowest BCUT2D eigenvalue weighted by atomic mass is 9.99. The van der Waals surface area contributed by atoms with Crippen LogP contribution in [0.5, 0.6) is 0 Å². The van der Waals surface area contributed by atoms with Crippen molar-refractivity contribution >= 4 is 41.5 Å². The molecule has 1 aromatic rings. The van der Waals surface area contributed by atoms with Crippen molar-refractivity contribution in [3.63, 3.8) is 0 Å². The Morgan fingerprint density at radius 3 is 2.74 bits per heavy atom. The highest BCUT2D eigenvalue weighted by Gasteiger charge is 2.23. The number of amides is 1. The average Bonchev–Trinajstić information content (AvgIpc) is 3.30. The monoisotopic (exact) mass is 543 g/mol. The van der Waals surface area contributed by atoms with Crippen LogP contribution in [0, 0.1) is 5.92 Å². The van der Waals surface area contributed by atoms with Gasteiger partial charge in [0.1, 0.15) is 6.10 Å². The summed E-state index contributed by atoms with van der Waals surface area (Å²) >= 11 is 0. The summed E-state index contributed by atoms with van der Waals surface area (Å²) in [5, 5.41) is 9.71. The Kier molecular flexibility index (Phi) is 11.6. The van der Waals surface area contributed by atoms with E-state index >= 15 is 0 Å². The fraction of sp³-hybridized carbons (Fsp3) is 0.652. The number of guanidine groups is 1. The third-order valence-corrected chi connectivity index (χ3v) is 5.92. The largest absolute Gasteiger partial charge is 0.368 e. The number of ether oxygens (including phenoxy) is 1. The highest BCUT2D eigenvalue weighted by Crippen LogP contribution is 2.17.